The Bertz CT molecular complexity index is 888. The monoisotopic (exact) mass is 381 g/mol. The molecule has 0 aliphatic carbocycles. The topological polar surface area (TPSA) is 63.1 Å². The second-order valence-corrected chi connectivity index (χ2v) is 7.96. The van der Waals surface area contributed by atoms with Gasteiger partial charge in [-0.05, 0) is 49.6 Å². The van der Waals surface area contributed by atoms with Crippen molar-refractivity contribution in [3.8, 4) is 5.69 Å². The normalized spacial score (nSPS) is 17.7. The van der Waals surface area contributed by atoms with Crippen LogP contribution in [0.5, 0.6) is 0 Å². The zero-order chi connectivity index (χ0) is 18.6. The van der Waals surface area contributed by atoms with Gasteiger partial charge in [0.05, 0.1) is 12.0 Å². The van der Waals surface area contributed by atoms with Crippen LogP contribution in [0.15, 0.2) is 48.4 Å². The molecule has 1 atom stereocenters. The number of benzene rings is 1. The first-order valence-corrected chi connectivity index (χ1v) is 10.1. The second kappa shape index (κ2) is 8.02. The molecule has 1 amide bonds. The highest BCUT2D eigenvalue weighted by molar-refractivity contribution is 7.13. The van der Waals surface area contributed by atoms with Crippen molar-refractivity contribution in [3.05, 3.63) is 59.6 Å². The van der Waals surface area contributed by atoms with Gasteiger partial charge < -0.3 is 4.57 Å². The van der Waals surface area contributed by atoms with Crippen LogP contribution in [0.4, 0.5) is 5.13 Å². The summed E-state index contributed by atoms with van der Waals surface area (Å²) in [7, 11) is 0. The minimum absolute atomic E-state index is 0.139. The molecule has 2 aromatic heterocycles. The SMILES string of the molecule is CC1CCCN(Cc2csc(NC(=O)c3ccc(-n4ccnc4)cc3)n2)C1. The van der Waals surface area contributed by atoms with Crippen molar-refractivity contribution in [2.45, 2.75) is 26.3 Å². The highest BCUT2D eigenvalue weighted by atomic mass is 32.1. The van der Waals surface area contributed by atoms with Crippen LogP contribution in [0.25, 0.3) is 5.69 Å². The third kappa shape index (κ3) is 4.43. The van der Waals surface area contributed by atoms with Crippen LogP contribution in [0.1, 0.15) is 35.8 Å². The number of hydrogen-bond donors (Lipinski definition) is 1. The van der Waals surface area contributed by atoms with Crippen LogP contribution >= 0.6 is 11.3 Å². The Balaban J connectivity index is 1.36. The Morgan fingerprint density at radius 2 is 2.19 bits per heavy atom. The average molecular weight is 382 g/mol. The first kappa shape index (κ1) is 17.9. The lowest BCUT2D eigenvalue weighted by Gasteiger charge is -2.30. The van der Waals surface area contributed by atoms with E-state index in [9.17, 15) is 4.79 Å². The number of aromatic nitrogens is 3. The van der Waals surface area contributed by atoms with Crippen LogP contribution in [0.3, 0.4) is 0 Å². The molecule has 1 N–H and O–H groups in total. The number of likely N-dealkylation sites (tertiary alicyclic amines) is 1. The number of nitrogens with one attached hydrogen (secondary N) is 1. The Labute approximate surface area is 162 Å². The fourth-order valence-corrected chi connectivity index (χ4v) is 4.16. The number of anilines is 1. The number of rotatable bonds is 5. The minimum Gasteiger partial charge on any atom is -0.306 e. The maximum absolute atomic E-state index is 12.5. The lowest BCUT2D eigenvalue weighted by atomic mass is 10.0. The largest absolute Gasteiger partial charge is 0.306 e. The van der Waals surface area contributed by atoms with E-state index in [2.05, 4.69) is 27.1 Å². The molecule has 1 aliphatic heterocycles. The molecular formula is C20H23N5OS. The first-order chi connectivity index (χ1) is 13.2. The van der Waals surface area contributed by atoms with Gasteiger partial charge in [-0.25, -0.2) is 9.97 Å². The summed E-state index contributed by atoms with van der Waals surface area (Å²) < 4.78 is 1.90. The van der Waals surface area contributed by atoms with Crippen molar-refractivity contribution >= 4 is 22.4 Å². The Morgan fingerprint density at radius 3 is 2.93 bits per heavy atom. The molecule has 1 unspecified atom stereocenters. The lowest BCUT2D eigenvalue weighted by Crippen LogP contribution is -2.33. The van der Waals surface area contributed by atoms with E-state index in [1.54, 1.807) is 12.5 Å². The zero-order valence-corrected chi connectivity index (χ0v) is 16.2. The van der Waals surface area contributed by atoms with E-state index in [-0.39, 0.29) is 5.91 Å². The van der Waals surface area contributed by atoms with Crippen molar-refractivity contribution < 1.29 is 4.79 Å². The van der Waals surface area contributed by atoms with E-state index in [4.69, 9.17) is 0 Å². The molecule has 4 rings (SSSR count). The molecule has 0 bridgehead atoms. The number of thiazole rings is 1. The molecule has 0 spiro atoms. The fourth-order valence-electron chi connectivity index (χ4n) is 3.46. The summed E-state index contributed by atoms with van der Waals surface area (Å²) >= 11 is 1.48. The predicted molar refractivity (Wildman–Crippen MR) is 107 cm³/mol. The summed E-state index contributed by atoms with van der Waals surface area (Å²) in [4.78, 5) is 23.5. The molecule has 0 saturated carbocycles. The van der Waals surface area contributed by atoms with Gasteiger partial charge in [0.15, 0.2) is 5.13 Å². The molecule has 3 aromatic rings. The summed E-state index contributed by atoms with van der Waals surface area (Å²) in [5, 5.41) is 5.60. The number of nitrogens with zero attached hydrogens (tertiary/aromatic N) is 4. The molecule has 6 nitrogen and oxygen atoms in total. The van der Waals surface area contributed by atoms with E-state index in [1.165, 1.54) is 24.2 Å². The molecule has 1 fully saturated rings. The number of carbonyl (C=O) groups is 1. The summed E-state index contributed by atoms with van der Waals surface area (Å²) in [6, 6.07) is 7.44. The number of hydrogen-bond acceptors (Lipinski definition) is 5. The van der Waals surface area contributed by atoms with Crippen molar-refractivity contribution in [3.63, 3.8) is 0 Å². The fraction of sp³-hybridized carbons (Fsp3) is 0.350. The molecule has 1 aromatic carbocycles. The van der Waals surface area contributed by atoms with E-state index in [1.807, 2.05) is 40.4 Å². The summed E-state index contributed by atoms with van der Waals surface area (Å²) in [6.07, 6.45) is 7.90. The average Bonchev–Trinajstić information content (AvgIpc) is 3.34. The van der Waals surface area contributed by atoms with E-state index >= 15 is 0 Å². The van der Waals surface area contributed by atoms with Crippen LogP contribution in [-0.4, -0.2) is 38.4 Å². The molecule has 7 heteroatoms. The maximum Gasteiger partial charge on any atom is 0.257 e. The Hall–Kier alpha value is -2.51. The van der Waals surface area contributed by atoms with Gasteiger partial charge in [0.1, 0.15) is 0 Å². The standard InChI is InChI=1S/C20H23N5OS/c1-15-3-2-9-24(11-15)12-17-13-27-20(22-17)23-19(26)16-4-6-18(7-5-16)25-10-8-21-14-25/h4-8,10,13-15H,2-3,9,11-12H2,1H3,(H,22,23,26). The molecule has 0 radical (unpaired) electrons. The predicted octanol–water partition coefficient (Wildman–Crippen LogP) is 3.81. The number of amides is 1. The highest BCUT2D eigenvalue weighted by Gasteiger charge is 2.17. The number of imidazole rings is 1. The third-order valence-electron chi connectivity index (χ3n) is 4.83. The smallest absolute Gasteiger partial charge is 0.257 e. The van der Waals surface area contributed by atoms with Crippen LogP contribution in [-0.2, 0) is 6.54 Å². The molecular weight excluding hydrogens is 358 g/mol. The molecule has 27 heavy (non-hydrogen) atoms. The van der Waals surface area contributed by atoms with Crippen molar-refractivity contribution in [1.29, 1.82) is 0 Å². The Morgan fingerprint density at radius 1 is 1.33 bits per heavy atom. The van der Waals surface area contributed by atoms with Gasteiger partial charge >= 0.3 is 0 Å². The van der Waals surface area contributed by atoms with E-state index in [0.29, 0.717) is 10.7 Å². The van der Waals surface area contributed by atoms with Crippen molar-refractivity contribution in [2.75, 3.05) is 18.4 Å². The van der Waals surface area contributed by atoms with Crippen LogP contribution in [0, 0.1) is 5.92 Å². The van der Waals surface area contributed by atoms with Gasteiger partial charge in [-0.1, -0.05) is 6.92 Å². The maximum atomic E-state index is 12.5. The van der Waals surface area contributed by atoms with Gasteiger partial charge in [-0.15, -0.1) is 11.3 Å². The van der Waals surface area contributed by atoms with Gasteiger partial charge in [0.2, 0.25) is 0 Å². The molecule has 140 valence electrons. The van der Waals surface area contributed by atoms with Crippen LogP contribution in [0.2, 0.25) is 0 Å². The van der Waals surface area contributed by atoms with E-state index in [0.717, 1.165) is 36.9 Å². The zero-order valence-electron chi connectivity index (χ0n) is 15.3. The first-order valence-electron chi connectivity index (χ1n) is 9.24. The summed E-state index contributed by atoms with van der Waals surface area (Å²) in [5.41, 5.74) is 2.61. The van der Waals surface area contributed by atoms with Gasteiger partial charge in [0.25, 0.3) is 5.91 Å². The van der Waals surface area contributed by atoms with Gasteiger partial charge in [-0.3, -0.25) is 15.0 Å². The Kier molecular flexibility index (Phi) is 5.31. The van der Waals surface area contributed by atoms with Gasteiger partial charge in [-0.2, -0.15) is 0 Å². The molecule has 1 aliphatic rings. The summed E-state index contributed by atoms with van der Waals surface area (Å²) in [5.74, 6) is 0.613. The number of piperidine rings is 1. The van der Waals surface area contributed by atoms with E-state index < -0.39 is 0 Å². The molecule has 1 saturated heterocycles. The second-order valence-electron chi connectivity index (χ2n) is 7.10. The number of carbonyl (C=O) groups excluding carboxylic acids is 1. The lowest BCUT2D eigenvalue weighted by molar-refractivity contribution is 0.102. The minimum atomic E-state index is -0.139. The quantitative estimate of drug-likeness (QED) is 0.730. The third-order valence-corrected chi connectivity index (χ3v) is 5.64. The van der Waals surface area contributed by atoms with Gasteiger partial charge in [0, 0.05) is 42.1 Å². The van der Waals surface area contributed by atoms with Crippen LogP contribution < -0.4 is 5.32 Å². The van der Waals surface area contributed by atoms with Crippen molar-refractivity contribution in [1.82, 2.24) is 19.4 Å². The highest BCUT2D eigenvalue weighted by Crippen LogP contribution is 2.21. The molecule has 3 heterocycles. The summed E-state index contributed by atoms with van der Waals surface area (Å²) in [6.45, 7) is 5.42. The van der Waals surface area contributed by atoms with Crippen molar-refractivity contribution in [2.24, 2.45) is 5.92 Å².